The maximum atomic E-state index is 13.6. The minimum absolute atomic E-state index is 0.238. The summed E-state index contributed by atoms with van der Waals surface area (Å²) in [5.74, 6) is -0.238. The lowest BCUT2D eigenvalue weighted by molar-refractivity contribution is -0.0911. The molecule has 1 aliphatic carbocycles. The lowest BCUT2D eigenvalue weighted by Gasteiger charge is -2.44. The Morgan fingerprint density at radius 1 is 1.38 bits per heavy atom. The molecule has 2 N–H and O–H groups in total. The summed E-state index contributed by atoms with van der Waals surface area (Å²) in [5.41, 5.74) is 7.43. The predicted octanol–water partition coefficient (Wildman–Crippen LogP) is 2.60. The number of hydrogen-bond donors (Lipinski definition) is 1. The second-order valence-electron chi connectivity index (χ2n) is 5.90. The van der Waals surface area contributed by atoms with Crippen molar-refractivity contribution in [1.29, 1.82) is 0 Å². The molecule has 3 nitrogen and oxygen atoms in total. The standard InChI is InChI=1S/C16H21FN2OS/c17-12-5-6-13(16(18)21)11(9-12)10-19-7-8-20-15-4-2-1-3-14(15)19/h5-6,9,14-15H,1-4,7-8,10H2,(H2,18,21). The highest BCUT2D eigenvalue weighted by Crippen LogP contribution is 2.30. The smallest absolute Gasteiger partial charge is 0.123 e. The van der Waals surface area contributed by atoms with Gasteiger partial charge >= 0.3 is 0 Å². The first-order valence-corrected chi connectivity index (χ1v) is 8.00. The topological polar surface area (TPSA) is 38.5 Å². The van der Waals surface area contributed by atoms with Gasteiger partial charge in [0.25, 0.3) is 0 Å². The number of ether oxygens (including phenoxy) is 1. The van der Waals surface area contributed by atoms with E-state index in [1.807, 2.05) is 0 Å². The van der Waals surface area contributed by atoms with Crippen LogP contribution >= 0.6 is 12.2 Å². The van der Waals surface area contributed by atoms with E-state index in [2.05, 4.69) is 4.90 Å². The summed E-state index contributed by atoms with van der Waals surface area (Å²) in [5, 5.41) is 0. The van der Waals surface area contributed by atoms with Gasteiger partial charge in [-0.3, -0.25) is 4.90 Å². The van der Waals surface area contributed by atoms with Gasteiger partial charge in [0.1, 0.15) is 10.8 Å². The first-order valence-electron chi connectivity index (χ1n) is 7.59. The first-order chi connectivity index (χ1) is 10.1. The summed E-state index contributed by atoms with van der Waals surface area (Å²) in [6.45, 7) is 2.32. The average molecular weight is 308 g/mol. The summed E-state index contributed by atoms with van der Waals surface area (Å²) in [7, 11) is 0. The third-order valence-electron chi connectivity index (χ3n) is 4.55. The zero-order chi connectivity index (χ0) is 14.8. The largest absolute Gasteiger partial charge is 0.389 e. The fourth-order valence-electron chi connectivity index (χ4n) is 3.53. The number of thiocarbonyl (C=S) groups is 1. The Morgan fingerprint density at radius 3 is 3.00 bits per heavy atom. The van der Waals surface area contributed by atoms with Crippen LogP contribution in [0.5, 0.6) is 0 Å². The van der Waals surface area contributed by atoms with Crippen LogP contribution in [-0.4, -0.2) is 35.2 Å². The van der Waals surface area contributed by atoms with Crippen LogP contribution in [0.2, 0.25) is 0 Å². The van der Waals surface area contributed by atoms with Crippen LogP contribution < -0.4 is 5.73 Å². The number of rotatable bonds is 3. The average Bonchev–Trinajstić information content (AvgIpc) is 2.47. The summed E-state index contributed by atoms with van der Waals surface area (Å²) < 4.78 is 19.5. The van der Waals surface area contributed by atoms with E-state index in [0.29, 0.717) is 23.7 Å². The van der Waals surface area contributed by atoms with E-state index in [1.165, 1.54) is 18.9 Å². The lowest BCUT2D eigenvalue weighted by atomic mass is 9.89. The molecule has 0 bridgehead atoms. The van der Waals surface area contributed by atoms with Gasteiger partial charge in [0.05, 0.1) is 12.7 Å². The maximum Gasteiger partial charge on any atom is 0.123 e. The van der Waals surface area contributed by atoms with Gasteiger partial charge in [-0.25, -0.2) is 4.39 Å². The van der Waals surface area contributed by atoms with Crippen molar-refractivity contribution < 1.29 is 9.13 Å². The van der Waals surface area contributed by atoms with E-state index >= 15 is 0 Å². The van der Waals surface area contributed by atoms with E-state index in [-0.39, 0.29) is 5.82 Å². The minimum atomic E-state index is -0.238. The van der Waals surface area contributed by atoms with Crippen molar-refractivity contribution in [2.24, 2.45) is 5.73 Å². The van der Waals surface area contributed by atoms with Gasteiger partial charge in [0, 0.05) is 24.7 Å². The number of benzene rings is 1. The molecule has 0 radical (unpaired) electrons. The third kappa shape index (κ3) is 3.25. The van der Waals surface area contributed by atoms with Crippen LogP contribution in [0.4, 0.5) is 4.39 Å². The van der Waals surface area contributed by atoms with Crippen molar-refractivity contribution in [1.82, 2.24) is 4.90 Å². The van der Waals surface area contributed by atoms with Gasteiger partial charge in [-0.15, -0.1) is 0 Å². The fraction of sp³-hybridized carbons (Fsp3) is 0.562. The van der Waals surface area contributed by atoms with Crippen molar-refractivity contribution in [2.45, 2.75) is 44.4 Å². The second-order valence-corrected chi connectivity index (χ2v) is 6.34. The quantitative estimate of drug-likeness (QED) is 0.871. The molecule has 1 aromatic rings. The van der Waals surface area contributed by atoms with Gasteiger partial charge < -0.3 is 10.5 Å². The monoisotopic (exact) mass is 308 g/mol. The van der Waals surface area contributed by atoms with Gasteiger partial charge in [0.2, 0.25) is 0 Å². The molecule has 1 saturated heterocycles. The lowest BCUT2D eigenvalue weighted by Crippen LogP contribution is -2.52. The third-order valence-corrected chi connectivity index (χ3v) is 4.77. The second kappa shape index (κ2) is 6.38. The zero-order valence-electron chi connectivity index (χ0n) is 12.1. The van der Waals surface area contributed by atoms with Crippen LogP contribution in [0.15, 0.2) is 18.2 Å². The van der Waals surface area contributed by atoms with Crippen LogP contribution in [0.3, 0.4) is 0 Å². The molecule has 0 spiro atoms. The summed E-state index contributed by atoms with van der Waals surface area (Å²) in [4.78, 5) is 2.74. The molecule has 1 aromatic carbocycles. The Labute approximate surface area is 130 Å². The van der Waals surface area contributed by atoms with Crippen molar-refractivity contribution in [3.05, 3.63) is 35.1 Å². The predicted molar refractivity (Wildman–Crippen MR) is 84.7 cm³/mol. The molecule has 2 atom stereocenters. The molecule has 114 valence electrons. The van der Waals surface area contributed by atoms with Gasteiger partial charge in [-0.2, -0.15) is 0 Å². The number of morpholine rings is 1. The van der Waals surface area contributed by atoms with Crippen molar-refractivity contribution in [3.63, 3.8) is 0 Å². The van der Waals surface area contributed by atoms with E-state index in [0.717, 1.165) is 37.1 Å². The number of nitrogens with zero attached hydrogens (tertiary/aromatic N) is 1. The molecule has 0 amide bonds. The number of fused-ring (bicyclic) bond motifs is 1. The minimum Gasteiger partial charge on any atom is -0.389 e. The van der Waals surface area contributed by atoms with Gasteiger partial charge in [0.15, 0.2) is 0 Å². The number of hydrogen-bond acceptors (Lipinski definition) is 3. The molecule has 1 saturated carbocycles. The Morgan fingerprint density at radius 2 is 2.19 bits per heavy atom. The van der Waals surface area contributed by atoms with Crippen molar-refractivity contribution in [3.8, 4) is 0 Å². The van der Waals surface area contributed by atoms with E-state index in [4.69, 9.17) is 22.7 Å². The highest BCUT2D eigenvalue weighted by Gasteiger charge is 2.34. The SMILES string of the molecule is NC(=S)c1ccc(F)cc1CN1CCOC2CCCCC21. The van der Waals surface area contributed by atoms with Crippen LogP contribution in [-0.2, 0) is 11.3 Å². The summed E-state index contributed by atoms with van der Waals surface area (Å²) in [6.07, 6.45) is 5.10. The van der Waals surface area contributed by atoms with Crippen LogP contribution in [0.25, 0.3) is 0 Å². The van der Waals surface area contributed by atoms with E-state index in [1.54, 1.807) is 12.1 Å². The van der Waals surface area contributed by atoms with Gasteiger partial charge in [-0.05, 0) is 36.6 Å². The Bertz CT molecular complexity index is 535. The summed E-state index contributed by atoms with van der Waals surface area (Å²) in [6, 6.07) is 5.10. The molecule has 1 heterocycles. The highest BCUT2D eigenvalue weighted by atomic mass is 32.1. The Balaban J connectivity index is 1.82. The molecule has 21 heavy (non-hydrogen) atoms. The molecule has 0 aromatic heterocycles. The molecule has 1 aliphatic heterocycles. The van der Waals surface area contributed by atoms with E-state index in [9.17, 15) is 4.39 Å². The Hall–Kier alpha value is -1.04. The summed E-state index contributed by atoms with van der Waals surface area (Å²) >= 11 is 5.09. The van der Waals surface area contributed by atoms with Crippen molar-refractivity contribution in [2.75, 3.05) is 13.2 Å². The molecule has 2 unspecified atom stereocenters. The zero-order valence-corrected chi connectivity index (χ0v) is 12.9. The van der Waals surface area contributed by atoms with Crippen LogP contribution in [0, 0.1) is 5.82 Å². The highest BCUT2D eigenvalue weighted by molar-refractivity contribution is 7.80. The first kappa shape index (κ1) is 14.9. The number of halogens is 1. The normalized spacial score (nSPS) is 26.3. The molecule has 5 heteroatoms. The van der Waals surface area contributed by atoms with Crippen molar-refractivity contribution >= 4 is 17.2 Å². The van der Waals surface area contributed by atoms with Crippen LogP contribution in [0.1, 0.15) is 36.8 Å². The molecular weight excluding hydrogens is 287 g/mol. The molecule has 2 aliphatic rings. The molecule has 2 fully saturated rings. The fourth-order valence-corrected chi connectivity index (χ4v) is 3.72. The Kier molecular flexibility index (Phi) is 4.52. The maximum absolute atomic E-state index is 13.6. The molecular formula is C16H21FN2OS. The van der Waals surface area contributed by atoms with Gasteiger partial charge in [-0.1, -0.05) is 25.1 Å². The molecule has 3 rings (SSSR count). The number of nitrogens with two attached hydrogens (primary N) is 1. The van der Waals surface area contributed by atoms with E-state index < -0.39 is 0 Å².